The van der Waals surface area contributed by atoms with Gasteiger partial charge in [-0.15, -0.1) is 11.3 Å². The molecule has 0 amide bonds. The van der Waals surface area contributed by atoms with Crippen LogP contribution in [0.5, 0.6) is 0 Å². The van der Waals surface area contributed by atoms with E-state index in [4.69, 9.17) is 0 Å². The third kappa shape index (κ3) is 4.09. The summed E-state index contributed by atoms with van der Waals surface area (Å²) >= 11 is 1.44. The normalized spacial score (nSPS) is 12.4. The molecule has 2 aromatic carbocycles. The SMILES string of the molecule is CC(C)N=c1scc(-c2ccc(F)cc2)n1N=Cc1ccccc1F. The van der Waals surface area contributed by atoms with Gasteiger partial charge in [-0.3, -0.25) is 4.99 Å². The number of nitrogens with zero attached hydrogens (tertiary/aromatic N) is 3. The van der Waals surface area contributed by atoms with Crippen LogP contribution in [0, 0.1) is 11.6 Å². The lowest BCUT2D eigenvalue weighted by Gasteiger charge is -2.04. The van der Waals surface area contributed by atoms with Crippen molar-refractivity contribution in [3.05, 3.63) is 75.9 Å². The molecule has 0 aliphatic carbocycles. The molecule has 0 saturated heterocycles. The Balaban J connectivity index is 2.10. The van der Waals surface area contributed by atoms with Gasteiger partial charge in [-0.1, -0.05) is 18.2 Å². The third-order valence-corrected chi connectivity index (χ3v) is 4.24. The summed E-state index contributed by atoms with van der Waals surface area (Å²) in [6.07, 6.45) is 1.47. The fourth-order valence-electron chi connectivity index (χ4n) is 2.24. The van der Waals surface area contributed by atoms with Crippen molar-refractivity contribution in [2.24, 2.45) is 10.1 Å². The number of halogens is 2. The monoisotopic (exact) mass is 357 g/mol. The largest absolute Gasteiger partial charge is 0.255 e. The summed E-state index contributed by atoms with van der Waals surface area (Å²) in [5, 5.41) is 6.33. The maximum absolute atomic E-state index is 13.8. The molecule has 0 fully saturated rings. The van der Waals surface area contributed by atoms with Crippen LogP contribution in [0.25, 0.3) is 11.3 Å². The van der Waals surface area contributed by atoms with Gasteiger partial charge in [0.05, 0.1) is 11.9 Å². The van der Waals surface area contributed by atoms with Gasteiger partial charge in [0.1, 0.15) is 11.6 Å². The first-order valence-corrected chi connectivity index (χ1v) is 8.72. The minimum atomic E-state index is -0.340. The van der Waals surface area contributed by atoms with Gasteiger partial charge in [-0.25, -0.2) is 13.5 Å². The first-order chi connectivity index (χ1) is 12.0. The van der Waals surface area contributed by atoms with Gasteiger partial charge in [0.15, 0.2) is 0 Å². The topological polar surface area (TPSA) is 29.6 Å². The number of hydrogen-bond donors (Lipinski definition) is 0. The molecule has 3 nitrogen and oxygen atoms in total. The van der Waals surface area contributed by atoms with Gasteiger partial charge >= 0.3 is 0 Å². The molecule has 0 N–H and O–H groups in total. The van der Waals surface area contributed by atoms with E-state index < -0.39 is 0 Å². The van der Waals surface area contributed by atoms with Crippen molar-refractivity contribution in [1.82, 2.24) is 4.68 Å². The van der Waals surface area contributed by atoms with E-state index in [-0.39, 0.29) is 17.7 Å². The molecule has 1 aromatic heterocycles. The van der Waals surface area contributed by atoms with Gasteiger partial charge in [-0.05, 0) is 44.2 Å². The quantitative estimate of drug-likeness (QED) is 0.607. The van der Waals surface area contributed by atoms with E-state index in [0.29, 0.717) is 10.4 Å². The zero-order valence-electron chi connectivity index (χ0n) is 13.9. The maximum atomic E-state index is 13.8. The molecule has 0 unspecified atom stereocenters. The fourth-order valence-corrected chi connectivity index (χ4v) is 3.21. The molecule has 0 aliphatic heterocycles. The van der Waals surface area contributed by atoms with Crippen molar-refractivity contribution in [1.29, 1.82) is 0 Å². The van der Waals surface area contributed by atoms with Crippen LogP contribution in [0.3, 0.4) is 0 Å². The number of benzene rings is 2. The highest BCUT2D eigenvalue weighted by Crippen LogP contribution is 2.20. The highest BCUT2D eigenvalue weighted by molar-refractivity contribution is 7.07. The molecule has 0 bridgehead atoms. The van der Waals surface area contributed by atoms with Crippen molar-refractivity contribution in [2.45, 2.75) is 19.9 Å². The van der Waals surface area contributed by atoms with Crippen LogP contribution < -0.4 is 4.80 Å². The van der Waals surface area contributed by atoms with Crippen LogP contribution in [0.15, 0.2) is 64.0 Å². The minimum Gasteiger partial charge on any atom is -0.255 e. The first-order valence-electron chi connectivity index (χ1n) is 7.84. The standard InChI is InChI=1S/C19H17F2N3S/c1-13(2)23-19-24(22-11-15-5-3-4-6-17(15)21)18(12-25-19)14-7-9-16(20)10-8-14/h3-13H,1-2H3. The molecule has 0 spiro atoms. The van der Waals surface area contributed by atoms with Gasteiger partial charge in [-0.2, -0.15) is 5.10 Å². The smallest absolute Gasteiger partial charge is 0.206 e. The molecule has 3 rings (SSSR count). The molecule has 0 radical (unpaired) electrons. The summed E-state index contributed by atoms with van der Waals surface area (Å²) in [7, 11) is 0. The number of aromatic nitrogens is 1. The van der Waals surface area contributed by atoms with Crippen LogP contribution in [0.2, 0.25) is 0 Å². The van der Waals surface area contributed by atoms with Crippen molar-refractivity contribution in [3.63, 3.8) is 0 Å². The summed E-state index contributed by atoms with van der Waals surface area (Å²) in [4.78, 5) is 5.25. The van der Waals surface area contributed by atoms with Crippen LogP contribution in [-0.2, 0) is 0 Å². The molecule has 0 atom stereocenters. The van der Waals surface area contributed by atoms with Crippen molar-refractivity contribution >= 4 is 17.6 Å². The average Bonchev–Trinajstić information content (AvgIpc) is 2.97. The van der Waals surface area contributed by atoms with E-state index in [1.54, 1.807) is 35.0 Å². The van der Waals surface area contributed by atoms with E-state index in [0.717, 1.165) is 11.3 Å². The molecule has 0 saturated carbocycles. The van der Waals surface area contributed by atoms with E-state index in [2.05, 4.69) is 10.1 Å². The molecule has 6 heteroatoms. The molecular weight excluding hydrogens is 340 g/mol. The average molecular weight is 357 g/mol. The predicted octanol–water partition coefficient (Wildman–Crippen LogP) is 4.69. The maximum Gasteiger partial charge on any atom is 0.206 e. The second-order valence-electron chi connectivity index (χ2n) is 5.71. The molecule has 0 aliphatic rings. The molecule has 25 heavy (non-hydrogen) atoms. The number of hydrogen-bond acceptors (Lipinski definition) is 3. The van der Waals surface area contributed by atoms with Gasteiger partial charge in [0.2, 0.25) is 4.80 Å². The Morgan fingerprint density at radius 2 is 1.76 bits per heavy atom. The summed E-state index contributed by atoms with van der Waals surface area (Å²) in [5.41, 5.74) is 1.98. The Kier molecular flexibility index (Phi) is 5.19. The van der Waals surface area contributed by atoms with E-state index >= 15 is 0 Å². The number of thiazole rings is 1. The zero-order chi connectivity index (χ0) is 17.8. The van der Waals surface area contributed by atoms with E-state index in [9.17, 15) is 8.78 Å². The molecular formula is C19H17F2N3S. The Hall–Kier alpha value is -2.60. The molecule has 128 valence electrons. The lowest BCUT2D eigenvalue weighted by atomic mass is 10.2. The Morgan fingerprint density at radius 1 is 1.04 bits per heavy atom. The summed E-state index contributed by atoms with van der Waals surface area (Å²) < 4.78 is 28.7. The van der Waals surface area contributed by atoms with Crippen molar-refractivity contribution in [3.8, 4) is 11.3 Å². The molecule has 3 aromatic rings. The van der Waals surface area contributed by atoms with E-state index in [1.165, 1.54) is 35.8 Å². The Labute approximate surface area is 148 Å². The predicted molar refractivity (Wildman–Crippen MR) is 97.8 cm³/mol. The highest BCUT2D eigenvalue weighted by Gasteiger charge is 2.08. The lowest BCUT2D eigenvalue weighted by molar-refractivity contribution is 0.625. The van der Waals surface area contributed by atoms with Gasteiger partial charge in [0, 0.05) is 22.5 Å². The fraction of sp³-hybridized carbons (Fsp3) is 0.158. The lowest BCUT2D eigenvalue weighted by Crippen LogP contribution is -2.14. The van der Waals surface area contributed by atoms with Crippen LogP contribution in [-0.4, -0.2) is 16.9 Å². The Morgan fingerprint density at radius 3 is 2.44 bits per heavy atom. The van der Waals surface area contributed by atoms with Crippen molar-refractivity contribution in [2.75, 3.05) is 0 Å². The second-order valence-corrected chi connectivity index (χ2v) is 6.55. The third-order valence-electron chi connectivity index (χ3n) is 3.41. The minimum absolute atomic E-state index is 0.0922. The first kappa shape index (κ1) is 17.2. The van der Waals surface area contributed by atoms with Crippen molar-refractivity contribution < 1.29 is 8.78 Å². The zero-order valence-corrected chi connectivity index (χ0v) is 14.7. The number of rotatable bonds is 4. The van der Waals surface area contributed by atoms with Gasteiger partial charge < -0.3 is 0 Å². The van der Waals surface area contributed by atoms with E-state index in [1.807, 2.05) is 19.2 Å². The highest BCUT2D eigenvalue weighted by atomic mass is 32.1. The van der Waals surface area contributed by atoms with Crippen LogP contribution in [0.4, 0.5) is 8.78 Å². The van der Waals surface area contributed by atoms with Crippen LogP contribution in [0.1, 0.15) is 19.4 Å². The Bertz CT molecular complexity index is 953. The summed E-state index contributed by atoms with van der Waals surface area (Å²) in [6, 6.07) is 12.7. The van der Waals surface area contributed by atoms with Gasteiger partial charge in [0.25, 0.3) is 0 Å². The second kappa shape index (κ2) is 7.53. The summed E-state index contributed by atoms with van der Waals surface area (Å²) in [5.74, 6) is -0.639. The molecule has 1 heterocycles. The summed E-state index contributed by atoms with van der Waals surface area (Å²) in [6.45, 7) is 3.95. The van der Waals surface area contributed by atoms with Crippen LogP contribution >= 0.6 is 11.3 Å².